The molecule has 2 amide bonds. The molecule has 158 valence electrons. The first-order valence-corrected chi connectivity index (χ1v) is 10.5. The Bertz CT molecular complexity index is 1080. The van der Waals surface area contributed by atoms with Gasteiger partial charge in [-0.1, -0.05) is 61.3 Å². The molecule has 3 N–H and O–H groups in total. The first-order valence-electron chi connectivity index (χ1n) is 9.73. The van der Waals surface area contributed by atoms with E-state index in [1.54, 1.807) is 6.07 Å². The van der Waals surface area contributed by atoms with Crippen LogP contribution in [0.15, 0.2) is 48.7 Å². The van der Waals surface area contributed by atoms with Crippen LogP contribution in [0.1, 0.15) is 31.9 Å². The summed E-state index contributed by atoms with van der Waals surface area (Å²) in [7, 11) is 0. The van der Waals surface area contributed by atoms with Crippen molar-refractivity contribution in [2.45, 2.75) is 38.6 Å². The Morgan fingerprint density at radius 3 is 2.53 bits per heavy atom. The van der Waals surface area contributed by atoms with Crippen molar-refractivity contribution in [1.82, 2.24) is 15.6 Å². The minimum absolute atomic E-state index is 0.233. The molecule has 0 saturated carbocycles. The predicted octanol–water partition coefficient (Wildman–Crippen LogP) is 4.62. The average molecular weight is 446 g/mol. The van der Waals surface area contributed by atoms with E-state index in [0.717, 1.165) is 22.0 Å². The number of amides is 2. The molecular formula is C23H25Cl2N3O2. The fraction of sp³-hybridized carbons (Fsp3) is 0.304. The van der Waals surface area contributed by atoms with Crippen molar-refractivity contribution in [3.8, 4) is 0 Å². The molecule has 0 bridgehead atoms. The smallest absolute Gasteiger partial charge is 0.242 e. The van der Waals surface area contributed by atoms with Gasteiger partial charge < -0.3 is 15.6 Å². The number of aromatic nitrogens is 1. The number of aromatic amines is 1. The van der Waals surface area contributed by atoms with Crippen LogP contribution in [-0.2, 0) is 21.4 Å². The van der Waals surface area contributed by atoms with Gasteiger partial charge in [0, 0.05) is 42.4 Å². The zero-order valence-corrected chi connectivity index (χ0v) is 18.7. The van der Waals surface area contributed by atoms with Crippen molar-refractivity contribution in [2.24, 2.45) is 0 Å². The Labute approximate surface area is 186 Å². The number of H-pyrrole nitrogens is 1. The minimum Gasteiger partial charge on any atom is -0.361 e. The summed E-state index contributed by atoms with van der Waals surface area (Å²) in [4.78, 5) is 27.9. The van der Waals surface area contributed by atoms with E-state index in [0.29, 0.717) is 23.0 Å². The number of nitrogens with one attached hydrogen (secondary N) is 3. The van der Waals surface area contributed by atoms with E-state index in [9.17, 15) is 9.59 Å². The highest BCUT2D eigenvalue weighted by atomic mass is 35.5. The van der Waals surface area contributed by atoms with Crippen LogP contribution in [0, 0.1) is 0 Å². The highest BCUT2D eigenvalue weighted by molar-refractivity contribution is 6.42. The topological polar surface area (TPSA) is 74.0 Å². The summed E-state index contributed by atoms with van der Waals surface area (Å²) in [5.74, 6) is -0.484. The van der Waals surface area contributed by atoms with Crippen LogP contribution in [-0.4, -0.2) is 29.4 Å². The van der Waals surface area contributed by atoms with Crippen molar-refractivity contribution < 1.29 is 9.59 Å². The van der Waals surface area contributed by atoms with Crippen molar-refractivity contribution in [3.63, 3.8) is 0 Å². The summed E-state index contributed by atoms with van der Waals surface area (Å²) in [6.45, 7) is 5.82. The van der Waals surface area contributed by atoms with E-state index in [1.807, 2.05) is 56.4 Å². The third kappa shape index (κ3) is 5.15. The van der Waals surface area contributed by atoms with Crippen LogP contribution >= 0.6 is 23.2 Å². The molecule has 30 heavy (non-hydrogen) atoms. The second-order valence-electron chi connectivity index (χ2n) is 8.05. The van der Waals surface area contributed by atoms with Gasteiger partial charge in [0.15, 0.2) is 0 Å². The molecule has 7 heteroatoms. The quantitative estimate of drug-likeness (QED) is 0.496. The molecule has 1 unspecified atom stereocenters. The van der Waals surface area contributed by atoms with Crippen LogP contribution < -0.4 is 10.6 Å². The van der Waals surface area contributed by atoms with Gasteiger partial charge in [0.2, 0.25) is 11.8 Å². The number of carbonyl (C=O) groups excluding carboxylic acids is 2. The van der Waals surface area contributed by atoms with Gasteiger partial charge in [0.1, 0.15) is 6.04 Å². The van der Waals surface area contributed by atoms with Gasteiger partial charge in [-0.15, -0.1) is 0 Å². The number of halogens is 2. The zero-order valence-electron chi connectivity index (χ0n) is 17.2. The highest BCUT2D eigenvalue weighted by Gasteiger charge is 2.26. The first kappa shape index (κ1) is 22.2. The number of benzene rings is 2. The predicted molar refractivity (Wildman–Crippen MR) is 122 cm³/mol. The van der Waals surface area contributed by atoms with E-state index in [2.05, 4.69) is 15.6 Å². The molecule has 3 aromatic rings. The van der Waals surface area contributed by atoms with E-state index in [-0.39, 0.29) is 17.2 Å². The lowest BCUT2D eigenvalue weighted by Gasteiger charge is -2.27. The number of fused-ring (bicyclic) bond motifs is 1. The molecule has 0 spiro atoms. The minimum atomic E-state index is -0.675. The van der Waals surface area contributed by atoms with E-state index < -0.39 is 6.04 Å². The van der Waals surface area contributed by atoms with E-state index in [1.165, 1.54) is 6.92 Å². The summed E-state index contributed by atoms with van der Waals surface area (Å²) in [6, 6.07) is 12.7. The lowest BCUT2D eigenvalue weighted by molar-refractivity contribution is -0.128. The molecule has 1 heterocycles. The monoisotopic (exact) mass is 445 g/mol. The molecule has 3 rings (SSSR count). The second kappa shape index (κ2) is 9.11. The maximum absolute atomic E-state index is 13.0. The highest BCUT2D eigenvalue weighted by Crippen LogP contribution is 2.29. The Morgan fingerprint density at radius 2 is 1.83 bits per heavy atom. The standard InChI is InChI=1S/C23H25Cl2N3O2/c1-14(29)28-21(10-15-12-26-20-7-5-4-6-17(15)20)22(30)27-13-23(2,3)16-8-9-18(24)19(25)11-16/h4-9,11-12,21,26H,10,13H2,1-3H3,(H,27,30)(H,28,29). The van der Waals surface area contributed by atoms with Gasteiger partial charge in [-0.2, -0.15) is 0 Å². The van der Waals surface area contributed by atoms with E-state index in [4.69, 9.17) is 23.2 Å². The van der Waals surface area contributed by atoms with Crippen molar-refractivity contribution in [1.29, 1.82) is 0 Å². The van der Waals surface area contributed by atoms with Gasteiger partial charge in [-0.25, -0.2) is 0 Å². The fourth-order valence-corrected chi connectivity index (χ4v) is 3.72. The van der Waals surface area contributed by atoms with Crippen LogP contribution in [0.2, 0.25) is 10.0 Å². The number of rotatable bonds is 7. The fourth-order valence-electron chi connectivity index (χ4n) is 3.43. The number of carbonyl (C=O) groups is 2. The summed E-state index contributed by atoms with van der Waals surface area (Å²) in [6.07, 6.45) is 2.27. The van der Waals surface area contributed by atoms with Gasteiger partial charge in [-0.05, 0) is 29.3 Å². The SMILES string of the molecule is CC(=O)NC(Cc1c[nH]c2ccccc12)C(=O)NCC(C)(C)c1ccc(Cl)c(Cl)c1. The lowest BCUT2D eigenvalue weighted by atomic mass is 9.84. The maximum Gasteiger partial charge on any atom is 0.242 e. The Hall–Kier alpha value is -2.50. The Balaban J connectivity index is 1.73. The molecule has 1 atom stereocenters. The molecule has 0 saturated heterocycles. The number of hydrogen-bond donors (Lipinski definition) is 3. The molecule has 5 nitrogen and oxygen atoms in total. The van der Waals surface area contributed by atoms with Crippen LogP contribution in [0.5, 0.6) is 0 Å². The molecule has 0 aliphatic carbocycles. The molecule has 0 fully saturated rings. The normalized spacial score (nSPS) is 12.6. The lowest BCUT2D eigenvalue weighted by Crippen LogP contribution is -2.49. The molecule has 1 aromatic heterocycles. The summed E-state index contributed by atoms with van der Waals surface area (Å²) in [5, 5.41) is 7.76. The van der Waals surface area contributed by atoms with Gasteiger partial charge in [-0.3, -0.25) is 9.59 Å². The average Bonchev–Trinajstić information content (AvgIpc) is 3.10. The Kier molecular flexibility index (Phi) is 6.74. The molecule has 0 aliphatic rings. The van der Waals surface area contributed by atoms with Crippen LogP contribution in [0.3, 0.4) is 0 Å². The molecule has 2 aromatic carbocycles. The molecule has 0 aliphatic heterocycles. The third-order valence-electron chi connectivity index (χ3n) is 5.20. The van der Waals surface area contributed by atoms with Gasteiger partial charge in [0.25, 0.3) is 0 Å². The van der Waals surface area contributed by atoms with Crippen molar-refractivity contribution in [2.75, 3.05) is 6.54 Å². The van der Waals surface area contributed by atoms with Crippen molar-refractivity contribution >= 4 is 45.9 Å². The largest absolute Gasteiger partial charge is 0.361 e. The molecule has 0 radical (unpaired) electrons. The zero-order chi connectivity index (χ0) is 21.9. The summed E-state index contributed by atoms with van der Waals surface area (Å²) < 4.78 is 0. The number of hydrogen-bond acceptors (Lipinski definition) is 2. The number of para-hydroxylation sites is 1. The second-order valence-corrected chi connectivity index (χ2v) is 8.86. The summed E-state index contributed by atoms with van der Waals surface area (Å²) >= 11 is 12.2. The van der Waals surface area contributed by atoms with E-state index >= 15 is 0 Å². The first-order chi connectivity index (χ1) is 14.2. The van der Waals surface area contributed by atoms with Crippen LogP contribution in [0.25, 0.3) is 10.9 Å². The van der Waals surface area contributed by atoms with Gasteiger partial charge >= 0.3 is 0 Å². The summed E-state index contributed by atoms with van der Waals surface area (Å²) in [5.41, 5.74) is 2.56. The van der Waals surface area contributed by atoms with Crippen molar-refractivity contribution in [3.05, 3.63) is 69.8 Å². The van der Waals surface area contributed by atoms with Gasteiger partial charge in [0.05, 0.1) is 10.0 Å². The molecular weight excluding hydrogens is 421 g/mol. The third-order valence-corrected chi connectivity index (χ3v) is 5.94. The Morgan fingerprint density at radius 1 is 1.10 bits per heavy atom. The van der Waals surface area contributed by atoms with Crippen LogP contribution in [0.4, 0.5) is 0 Å². The maximum atomic E-state index is 13.0.